The molecule has 2 aromatic carbocycles. The molecule has 1 unspecified atom stereocenters. The molecule has 1 aliphatic rings. The molecule has 1 heterocycles. The first-order valence-corrected chi connectivity index (χ1v) is 7.55. The summed E-state index contributed by atoms with van der Waals surface area (Å²) in [6.45, 7) is 4.45. The Morgan fingerprint density at radius 3 is 2.86 bits per heavy atom. The van der Waals surface area contributed by atoms with Crippen molar-refractivity contribution in [3.05, 3.63) is 53.6 Å². The first-order chi connectivity index (χ1) is 10.5. The summed E-state index contributed by atoms with van der Waals surface area (Å²) in [5, 5.41) is 2.93. The van der Waals surface area contributed by atoms with E-state index in [4.69, 9.17) is 5.73 Å². The number of fused-ring (bicyclic) bond motifs is 1. The minimum Gasteiger partial charge on any atom is -0.398 e. The van der Waals surface area contributed by atoms with Gasteiger partial charge in [-0.3, -0.25) is 4.79 Å². The average molecular weight is 295 g/mol. The monoisotopic (exact) mass is 295 g/mol. The molecule has 0 saturated heterocycles. The lowest BCUT2D eigenvalue weighted by Crippen LogP contribution is -2.37. The van der Waals surface area contributed by atoms with Gasteiger partial charge in [0.25, 0.3) is 0 Å². The number of nitrogens with two attached hydrogens (primary N) is 1. The van der Waals surface area contributed by atoms with E-state index in [1.165, 1.54) is 5.56 Å². The highest BCUT2D eigenvalue weighted by Crippen LogP contribution is 2.31. The predicted molar refractivity (Wildman–Crippen MR) is 91.2 cm³/mol. The molecule has 0 aliphatic carbocycles. The van der Waals surface area contributed by atoms with Crippen LogP contribution in [0.4, 0.5) is 17.1 Å². The molecule has 3 N–H and O–H groups in total. The van der Waals surface area contributed by atoms with Gasteiger partial charge in [-0.05, 0) is 49.6 Å². The van der Waals surface area contributed by atoms with E-state index in [0.717, 1.165) is 23.4 Å². The Kier molecular flexibility index (Phi) is 3.75. The SMILES string of the molecule is Cc1ccc(NC(=O)CN2c3ccccc3CC2C)cc1N. The lowest BCUT2D eigenvalue weighted by molar-refractivity contribution is -0.115. The first-order valence-electron chi connectivity index (χ1n) is 7.55. The van der Waals surface area contributed by atoms with Gasteiger partial charge in [-0.2, -0.15) is 0 Å². The summed E-state index contributed by atoms with van der Waals surface area (Å²) < 4.78 is 0. The maximum Gasteiger partial charge on any atom is 0.243 e. The zero-order valence-corrected chi connectivity index (χ0v) is 13.0. The maximum absolute atomic E-state index is 12.3. The number of nitrogen functional groups attached to an aromatic ring is 1. The highest BCUT2D eigenvalue weighted by Gasteiger charge is 2.26. The van der Waals surface area contributed by atoms with E-state index in [0.29, 0.717) is 18.3 Å². The summed E-state index contributed by atoms with van der Waals surface area (Å²) in [4.78, 5) is 14.5. The van der Waals surface area contributed by atoms with Crippen molar-refractivity contribution in [2.45, 2.75) is 26.3 Å². The number of hydrogen-bond donors (Lipinski definition) is 2. The largest absolute Gasteiger partial charge is 0.398 e. The predicted octanol–water partition coefficient (Wildman–Crippen LogP) is 2.97. The van der Waals surface area contributed by atoms with E-state index in [9.17, 15) is 4.79 Å². The minimum atomic E-state index is -0.0215. The zero-order chi connectivity index (χ0) is 15.7. The van der Waals surface area contributed by atoms with E-state index >= 15 is 0 Å². The van der Waals surface area contributed by atoms with Crippen molar-refractivity contribution in [1.29, 1.82) is 0 Å². The van der Waals surface area contributed by atoms with Gasteiger partial charge in [0.1, 0.15) is 0 Å². The van der Waals surface area contributed by atoms with Crippen LogP contribution in [0.3, 0.4) is 0 Å². The highest BCUT2D eigenvalue weighted by atomic mass is 16.2. The summed E-state index contributed by atoms with van der Waals surface area (Å²) >= 11 is 0. The number of benzene rings is 2. The van der Waals surface area contributed by atoms with Crippen molar-refractivity contribution < 1.29 is 4.79 Å². The van der Waals surface area contributed by atoms with E-state index in [1.54, 1.807) is 6.07 Å². The van der Waals surface area contributed by atoms with E-state index in [1.807, 2.05) is 31.2 Å². The quantitative estimate of drug-likeness (QED) is 0.856. The molecule has 4 nitrogen and oxygen atoms in total. The lowest BCUT2D eigenvalue weighted by atomic mass is 10.1. The summed E-state index contributed by atoms with van der Waals surface area (Å²) in [5.41, 5.74) is 10.8. The van der Waals surface area contributed by atoms with Crippen LogP contribution in [0.15, 0.2) is 42.5 Å². The van der Waals surface area contributed by atoms with Gasteiger partial charge >= 0.3 is 0 Å². The van der Waals surface area contributed by atoms with Crippen LogP contribution < -0.4 is 16.0 Å². The van der Waals surface area contributed by atoms with Crippen molar-refractivity contribution in [2.24, 2.45) is 0 Å². The Hall–Kier alpha value is -2.49. The number of aryl methyl sites for hydroxylation is 1. The second-order valence-corrected chi connectivity index (χ2v) is 5.93. The first kappa shape index (κ1) is 14.4. The van der Waals surface area contributed by atoms with Gasteiger partial charge < -0.3 is 16.0 Å². The molecule has 0 radical (unpaired) electrons. The fourth-order valence-corrected chi connectivity index (χ4v) is 2.94. The van der Waals surface area contributed by atoms with Gasteiger partial charge in [0, 0.05) is 23.1 Å². The third-order valence-electron chi connectivity index (χ3n) is 4.23. The van der Waals surface area contributed by atoms with Crippen LogP contribution in [-0.4, -0.2) is 18.5 Å². The van der Waals surface area contributed by atoms with E-state index < -0.39 is 0 Å². The fraction of sp³-hybridized carbons (Fsp3) is 0.278. The van der Waals surface area contributed by atoms with E-state index in [-0.39, 0.29) is 5.91 Å². The molecule has 2 aromatic rings. The number of para-hydroxylation sites is 1. The Morgan fingerprint density at radius 1 is 1.32 bits per heavy atom. The van der Waals surface area contributed by atoms with Crippen molar-refractivity contribution in [3.8, 4) is 0 Å². The summed E-state index contributed by atoms with van der Waals surface area (Å²) in [7, 11) is 0. The molecule has 1 atom stereocenters. The molecule has 3 rings (SSSR count). The van der Waals surface area contributed by atoms with Crippen LogP contribution in [-0.2, 0) is 11.2 Å². The van der Waals surface area contributed by atoms with Crippen LogP contribution in [0.2, 0.25) is 0 Å². The van der Waals surface area contributed by atoms with Gasteiger partial charge in [-0.15, -0.1) is 0 Å². The molecule has 0 fully saturated rings. The molecule has 0 spiro atoms. The molecular formula is C18H21N3O. The summed E-state index contributed by atoms with van der Waals surface area (Å²) in [6, 6.07) is 14.2. The summed E-state index contributed by atoms with van der Waals surface area (Å²) in [5.74, 6) is -0.0215. The number of rotatable bonds is 3. The number of anilines is 3. The van der Waals surface area contributed by atoms with E-state index in [2.05, 4.69) is 29.3 Å². The van der Waals surface area contributed by atoms with Gasteiger partial charge in [0.15, 0.2) is 0 Å². The maximum atomic E-state index is 12.3. The van der Waals surface area contributed by atoms with Crippen LogP contribution in [0.5, 0.6) is 0 Å². The molecule has 1 aliphatic heterocycles. The Balaban J connectivity index is 1.70. The van der Waals surface area contributed by atoms with Crippen molar-refractivity contribution in [1.82, 2.24) is 0 Å². The van der Waals surface area contributed by atoms with Crippen LogP contribution in [0, 0.1) is 6.92 Å². The second kappa shape index (κ2) is 5.72. The second-order valence-electron chi connectivity index (χ2n) is 5.93. The van der Waals surface area contributed by atoms with Crippen molar-refractivity contribution in [3.63, 3.8) is 0 Å². The van der Waals surface area contributed by atoms with Crippen LogP contribution >= 0.6 is 0 Å². The number of carbonyl (C=O) groups is 1. The lowest BCUT2D eigenvalue weighted by Gasteiger charge is -2.24. The normalized spacial score (nSPS) is 16.5. The topological polar surface area (TPSA) is 58.4 Å². The third-order valence-corrected chi connectivity index (χ3v) is 4.23. The standard InChI is InChI=1S/C18H21N3O/c1-12-7-8-15(10-16(12)19)20-18(22)11-21-13(2)9-14-5-3-4-6-17(14)21/h3-8,10,13H,9,11,19H2,1-2H3,(H,20,22). The average Bonchev–Trinajstić information content (AvgIpc) is 2.79. The molecule has 4 heteroatoms. The number of nitrogens with zero attached hydrogens (tertiary/aromatic N) is 1. The Labute approximate surface area is 130 Å². The number of carbonyl (C=O) groups excluding carboxylic acids is 1. The molecule has 0 saturated carbocycles. The van der Waals surface area contributed by atoms with Gasteiger partial charge in [-0.1, -0.05) is 24.3 Å². The van der Waals surface area contributed by atoms with Gasteiger partial charge in [0.05, 0.1) is 6.54 Å². The smallest absolute Gasteiger partial charge is 0.243 e. The Morgan fingerprint density at radius 2 is 2.09 bits per heavy atom. The third kappa shape index (κ3) is 2.77. The van der Waals surface area contributed by atoms with Crippen LogP contribution in [0.1, 0.15) is 18.1 Å². The zero-order valence-electron chi connectivity index (χ0n) is 13.0. The van der Waals surface area contributed by atoms with Crippen molar-refractivity contribution in [2.75, 3.05) is 22.5 Å². The molecule has 0 bridgehead atoms. The highest BCUT2D eigenvalue weighted by molar-refractivity contribution is 5.95. The Bertz CT molecular complexity index is 711. The number of nitrogens with one attached hydrogen (secondary N) is 1. The molecule has 114 valence electrons. The number of amides is 1. The van der Waals surface area contributed by atoms with Gasteiger partial charge in [-0.25, -0.2) is 0 Å². The molecule has 0 aromatic heterocycles. The number of hydrogen-bond acceptors (Lipinski definition) is 3. The van der Waals surface area contributed by atoms with Gasteiger partial charge in [0.2, 0.25) is 5.91 Å². The van der Waals surface area contributed by atoms with Crippen molar-refractivity contribution >= 4 is 23.0 Å². The fourth-order valence-electron chi connectivity index (χ4n) is 2.94. The minimum absolute atomic E-state index is 0.0215. The molecule has 1 amide bonds. The van der Waals surface area contributed by atoms with Crippen LogP contribution in [0.25, 0.3) is 0 Å². The molecular weight excluding hydrogens is 274 g/mol. The molecule has 22 heavy (non-hydrogen) atoms. The summed E-state index contributed by atoms with van der Waals surface area (Å²) in [6.07, 6.45) is 0.987.